The number of nitrogens with one attached hydrogen (secondary N) is 5. The average molecular weight is 747 g/mol. The standard InChI is InChI=1S/C32H58N8O12/c1-4-17(2)25(32(51)52)39-29(48)22(12-14-24(44)45)38-31(50)26(18(3)41)40-30(49)21(11-13-23(42)43)37-28(47)20(10-6-8-16-34)36-27(46)19(35)9-5-7-15-33/h17-22,25-26,41H,4-16,33-35H2,1-3H3,(H,36,46)(H,37,47)(H,38,50)(H,39,48)(H,40,49)(H,42,43)(H,44,45)(H,51,52)/t17-,18+,19-,20-,21-,22-,25-,26-/m0/s1. The number of rotatable bonds is 28. The number of aliphatic carboxylic acids is 3. The molecule has 0 spiro atoms. The third-order valence-electron chi connectivity index (χ3n) is 8.29. The molecule has 0 saturated carbocycles. The monoisotopic (exact) mass is 746 g/mol. The van der Waals surface area contributed by atoms with Gasteiger partial charge in [-0.25, -0.2) is 4.79 Å². The van der Waals surface area contributed by atoms with E-state index in [0.717, 1.165) is 6.92 Å². The third kappa shape index (κ3) is 18.7. The number of hydrogen-bond donors (Lipinski definition) is 12. The number of aliphatic hydroxyl groups excluding tert-OH is 1. The van der Waals surface area contributed by atoms with Crippen LogP contribution in [0.25, 0.3) is 0 Å². The molecule has 15 N–H and O–H groups in total. The van der Waals surface area contributed by atoms with Crippen molar-refractivity contribution in [3.05, 3.63) is 0 Å². The first-order valence-corrected chi connectivity index (χ1v) is 17.4. The second-order valence-corrected chi connectivity index (χ2v) is 12.7. The zero-order chi connectivity index (χ0) is 40.0. The lowest BCUT2D eigenvalue weighted by Crippen LogP contribution is -2.61. The maximum Gasteiger partial charge on any atom is 0.326 e. The summed E-state index contributed by atoms with van der Waals surface area (Å²) in [5, 5.41) is 50.2. The molecule has 5 amide bonds. The average Bonchev–Trinajstić information content (AvgIpc) is 3.07. The molecule has 0 heterocycles. The molecule has 0 fully saturated rings. The minimum atomic E-state index is -1.81. The fraction of sp³-hybridized carbons (Fsp3) is 0.750. The van der Waals surface area contributed by atoms with Crippen LogP contribution in [0.15, 0.2) is 0 Å². The van der Waals surface area contributed by atoms with Crippen LogP contribution in [-0.4, -0.2) is 123 Å². The van der Waals surface area contributed by atoms with E-state index in [1.165, 1.54) is 0 Å². The summed E-state index contributed by atoms with van der Waals surface area (Å²) in [5.74, 6) is -9.33. The summed E-state index contributed by atoms with van der Waals surface area (Å²) in [4.78, 5) is 101. The number of aliphatic hydroxyl groups is 1. The van der Waals surface area contributed by atoms with Crippen molar-refractivity contribution < 1.29 is 58.8 Å². The zero-order valence-corrected chi connectivity index (χ0v) is 30.1. The van der Waals surface area contributed by atoms with Crippen molar-refractivity contribution >= 4 is 47.4 Å². The number of carbonyl (C=O) groups is 8. The molecule has 0 radical (unpaired) electrons. The molecule has 0 aliphatic carbocycles. The van der Waals surface area contributed by atoms with Crippen LogP contribution in [0.5, 0.6) is 0 Å². The van der Waals surface area contributed by atoms with E-state index in [4.69, 9.17) is 17.2 Å². The lowest BCUT2D eigenvalue weighted by molar-refractivity contribution is -0.144. The molecule has 0 rings (SSSR count). The molecule has 0 aromatic carbocycles. The SMILES string of the molecule is CC[C@H](C)[C@H](NC(=O)[C@H](CCC(=O)O)NC(=O)[C@@H](NC(=O)[C@H](CCC(=O)O)NC(=O)[C@H](CCCCN)NC(=O)[C@@H](N)CCCCN)[C@@H](C)O)C(=O)O. The minimum Gasteiger partial charge on any atom is -0.481 e. The highest BCUT2D eigenvalue weighted by atomic mass is 16.4. The highest BCUT2D eigenvalue weighted by Gasteiger charge is 2.35. The Bertz CT molecular complexity index is 1200. The van der Waals surface area contributed by atoms with Gasteiger partial charge in [0.1, 0.15) is 30.2 Å². The van der Waals surface area contributed by atoms with Crippen LogP contribution in [0, 0.1) is 5.92 Å². The van der Waals surface area contributed by atoms with Crippen LogP contribution in [0.1, 0.15) is 91.4 Å². The Morgan fingerprint density at radius 3 is 1.38 bits per heavy atom. The zero-order valence-electron chi connectivity index (χ0n) is 30.1. The number of carbonyl (C=O) groups excluding carboxylic acids is 5. The molecule has 8 atom stereocenters. The second-order valence-electron chi connectivity index (χ2n) is 12.7. The maximum absolute atomic E-state index is 13.5. The summed E-state index contributed by atoms with van der Waals surface area (Å²) in [7, 11) is 0. The van der Waals surface area contributed by atoms with Gasteiger partial charge in [-0.05, 0) is 70.9 Å². The second kappa shape index (κ2) is 25.5. The highest BCUT2D eigenvalue weighted by molar-refractivity contribution is 5.96. The lowest BCUT2D eigenvalue weighted by Gasteiger charge is -2.28. The van der Waals surface area contributed by atoms with Gasteiger partial charge < -0.3 is 64.2 Å². The van der Waals surface area contributed by atoms with Crippen LogP contribution in [0.3, 0.4) is 0 Å². The van der Waals surface area contributed by atoms with Gasteiger partial charge in [-0.15, -0.1) is 0 Å². The van der Waals surface area contributed by atoms with Crippen LogP contribution >= 0.6 is 0 Å². The molecule has 298 valence electrons. The summed E-state index contributed by atoms with van der Waals surface area (Å²) in [6.45, 7) is 5.08. The van der Waals surface area contributed by atoms with E-state index in [9.17, 15) is 58.8 Å². The predicted octanol–water partition coefficient (Wildman–Crippen LogP) is -2.76. The van der Waals surface area contributed by atoms with Crippen molar-refractivity contribution in [2.75, 3.05) is 13.1 Å². The smallest absolute Gasteiger partial charge is 0.326 e. The summed E-state index contributed by atoms with van der Waals surface area (Å²) in [6, 6.07) is -8.54. The van der Waals surface area contributed by atoms with Crippen LogP contribution < -0.4 is 43.8 Å². The van der Waals surface area contributed by atoms with Crippen LogP contribution in [-0.2, 0) is 38.4 Å². The molecule has 20 heteroatoms. The first-order chi connectivity index (χ1) is 24.4. The number of unbranched alkanes of at least 4 members (excludes halogenated alkanes) is 2. The Kier molecular flexibility index (Phi) is 23.4. The van der Waals surface area contributed by atoms with Crippen molar-refractivity contribution in [1.29, 1.82) is 0 Å². The third-order valence-corrected chi connectivity index (χ3v) is 8.29. The summed E-state index contributed by atoms with van der Waals surface area (Å²) in [5.41, 5.74) is 17.0. The Balaban J connectivity index is 6.18. The van der Waals surface area contributed by atoms with Gasteiger partial charge >= 0.3 is 17.9 Å². The fourth-order valence-corrected chi connectivity index (χ4v) is 4.88. The maximum atomic E-state index is 13.5. The molecule has 52 heavy (non-hydrogen) atoms. The van der Waals surface area contributed by atoms with Gasteiger partial charge in [0.2, 0.25) is 29.5 Å². The minimum absolute atomic E-state index is 0.0931. The van der Waals surface area contributed by atoms with E-state index in [1.54, 1.807) is 13.8 Å². The largest absolute Gasteiger partial charge is 0.481 e. The summed E-state index contributed by atoms with van der Waals surface area (Å²) in [6.07, 6.45) is -0.978. The highest BCUT2D eigenvalue weighted by Crippen LogP contribution is 2.11. The van der Waals surface area contributed by atoms with E-state index in [0.29, 0.717) is 51.6 Å². The van der Waals surface area contributed by atoms with Gasteiger partial charge in [0.25, 0.3) is 0 Å². The predicted molar refractivity (Wildman–Crippen MR) is 186 cm³/mol. The number of nitrogens with two attached hydrogens (primary N) is 3. The molecule has 0 unspecified atom stereocenters. The molecule has 20 nitrogen and oxygen atoms in total. The lowest BCUT2D eigenvalue weighted by atomic mass is 9.98. The van der Waals surface area contributed by atoms with E-state index in [2.05, 4.69) is 26.6 Å². The van der Waals surface area contributed by atoms with E-state index in [-0.39, 0.29) is 6.42 Å². The van der Waals surface area contributed by atoms with Gasteiger partial charge in [-0.2, -0.15) is 0 Å². The summed E-state index contributed by atoms with van der Waals surface area (Å²) >= 11 is 0. The van der Waals surface area contributed by atoms with Gasteiger partial charge in [0.05, 0.1) is 12.1 Å². The Labute approximate surface area is 302 Å². The normalized spacial score (nSPS) is 15.7. The van der Waals surface area contributed by atoms with E-state index >= 15 is 0 Å². The van der Waals surface area contributed by atoms with Crippen molar-refractivity contribution in [2.24, 2.45) is 23.1 Å². The first kappa shape index (κ1) is 47.6. The van der Waals surface area contributed by atoms with Gasteiger partial charge in [0, 0.05) is 12.8 Å². The molecule has 0 saturated heterocycles. The molecule has 0 aromatic rings. The number of carboxylic acids is 3. The number of amides is 5. The Morgan fingerprint density at radius 2 is 0.962 bits per heavy atom. The quantitative estimate of drug-likeness (QED) is 0.0361. The molecule has 0 aliphatic rings. The Morgan fingerprint density at radius 1 is 0.558 bits per heavy atom. The number of carboxylic acid groups (broad SMARTS) is 3. The molecule has 0 aliphatic heterocycles. The molecule has 0 aromatic heterocycles. The van der Waals surface area contributed by atoms with Crippen molar-refractivity contribution in [3.8, 4) is 0 Å². The van der Waals surface area contributed by atoms with Gasteiger partial charge in [0.15, 0.2) is 0 Å². The molecular formula is C32H58N8O12. The number of hydrogen-bond acceptors (Lipinski definition) is 12. The first-order valence-electron chi connectivity index (χ1n) is 17.4. The van der Waals surface area contributed by atoms with Gasteiger partial charge in [-0.1, -0.05) is 26.7 Å². The topological polar surface area (TPSA) is 356 Å². The molecule has 0 bridgehead atoms. The van der Waals surface area contributed by atoms with E-state index < -0.39 is 121 Å². The van der Waals surface area contributed by atoms with Crippen molar-refractivity contribution in [2.45, 2.75) is 134 Å². The summed E-state index contributed by atoms with van der Waals surface area (Å²) < 4.78 is 0. The van der Waals surface area contributed by atoms with Crippen LogP contribution in [0.4, 0.5) is 0 Å². The van der Waals surface area contributed by atoms with Crippen molar-refractivity contribution in [1.82, 2.24) is 26.6 Å². The fourth-order valence-electron chi connectivity index (χ4n) is 4.88. The Hall–Kier alpha value is -4.40. The molecular weight excluding hydrogens is 688 g/mol. The van der Waals surface area contributed by atoms with Crippen molar-refractivity contribution in [3.63, 3.8) is 0 Å². The van der Waals surface area contributed by atoms with E-state index in [1.807, 2.05) is 0 Å². The van der Waals surface area contributed by atoms with Gasteiger partial charge in [-0.3, -0.25) is 33.6 Å². The van der Waals surface area contributed by atoms with Crippen LogP contribution in [0.2, 0.25) is 0 Å².